The normalized spacial score (nSPS) is 22.2. The van der Waals surface area contributed by atoms with E-state index in [-0.39, 0.29) is 12.2 Å². The summed E-state index contributed by atoms with van der Waals surface area (Å²) < 4.78 is 5.83. The average molecular weight is 239 g/mol. The molecule has 3 heteroatoms. The number of Topliss-reactive ketones (excluding diaryl/α,β-unsaturated/α-hetero) is 1. The lowest BCUT2D eigenvalue weighted by Crippen LogP contribution is -2.47. The van der Waals surface area contributed by atoms with Crippen LogP contribution in [0.1, 0.15) is 22.3 Å². The third kappa shape index (κ3) is 1.69. The van der Waals surface area contributed by atoms with Crippen LogP contribution < -0.4 is 10.5 Å². The van der Waals surface area contributed by atoms with Crippen molar-refractivity contribution in [1.82, 2.24) is 0 Å². The van der Waals surface area contributed by atoms with Gasteiger partial charge < -0.3 is 4.74 Å². The van der Waals surface area contributed by atoms with Crippen molar-refractivity contribution < 1.29 is 9.53 Å². The second kappa shape index (κ2) is 3.96. The second-order valence-corrected chi connectivity index (χ2v) is 4.45. The molecule has 2 N–H and O–H groups in total. The smallest absolute Gasteiger partial charge is 0.192 e. The van der Waals surface area contributed by atoms with Crippen molar-refractivity contribution in [2.45, 2.75) is 12.1 Å². The lowest BCUT2D eigenvalue weighted by molar-refractivity contribution is 0.0424. The Morgan fingerprint density at radius 3 is 2.44 bits per heavy atom. The van der Waals surface area contributed by atoms with Crippen molar-refractivity contribution in [3.05, 3.63) is 65.7 Å². The molecule has 3 rings (SSSR count). The highest BCUT2D eigenvalue weighted by Crippen LogP contribution is 2.35. The maximum atomic E-state index is 12.1. The SMILES string of the molecule is NC1(c2ccccc2)CC(=O)c2ccccc2O1. The van der Waals surface area contributed by atoms with Crippen LogP contribution in [-0.2, 0) is 5.72 Å². The van der Waals surface area contributed by atoms with Crippen molar-refractivity contribution in [3.8, 4) is 5.75 Å². The van der Waals surface area contributed by atoms with Gasteiger partial charge in [0.2, 0.25) is 0 Å². The minimum Gasteiger partial charge on any atom is -0.468 e. The maximum Gasteiger partial charge on any atom is 0.192 e. The quantitative estimate of drug-likeness (QED) is 0.831. The van der Waals surface area contributed by atoms with Crippen LogP contribution in [-0.4, -0.2) is 5.78 Å². The minimum atomic E-state index is -1.06. The highest BCUT2D eigenvalue weighted by atomic mass is 16.5. The van der Waals surface area contributed by atoms with Gasteiger partial charge in [0, 0.05) is 5.56 Å². The summed E-state index contributed by atoms with van der Waals surface area (Å²) in [5.41, 5.74) is 6.60. The first-order valence-electron chi connectivity index (χ1n) is 5.85. The van der Waals surface area contributed by atoms with Crippen molar-refractivity contribution in [2.24, 2.45) is 5.73 Å². The number of ether oxygens (including phenoxy) is 1. The van der Waals surface area contributed by atoms with Crippen molar-refractivity contribution in [1.29, 1.82) is 0 Å². The Labute approximate surface area is 105 Å². The molecule has 90 valence electrons. The Morgan fingerprint density at radius 2 is 1.67 bits per heavy atom. The van der Waals surface area contributed by atoms with Crippen LogP contribution in [0.5, 0.6) is 5.75 Å². The van der Waals surface area contributed by atoms with E-state index in [4.69, 9.17) is 10.5 Å². The number of fused-ring (bicyclic) bond motifs is 1. The molecule has 1 aliphatic rings. The fourth-order valence-electron chi connectivity index (χ4n) is 2.23. The number of nitrogens with two attached hydrogens (primary N) is 1. The van der Waals surface area contributed by atoms with Gasteiger partial charge in [-0.25, -0.2) is 0 Å². The molecule has 0 spiro atoms. The minimum absolute atomic E-state index is 0.0169. The Bertz CT molecular complexity index is 594. The summed E-state index contributed by atoms with van der Waals surface area (Å²) >= 11 is 0. The van der Waals surface area contributed by atoms with Gasteiger partial charge in [0.25, 0.3) is 0 Å². The van der Waals surface area contributed by atoms with Gasteiger partial charge in [-0.2, -0.15) is 0 Å². The van der Waals surface area contributed by atoms with Crippen LogP contribution in [0.15, 0.2) is 54.6 Å². The highest BCUT2D eigenvalue weighted by molar-refractivity contribution is 6.00. The Kier molecular flexibility index (Phi) is 2.42. The molecular formula is C15H13NO2. The van der Waals surface area contributed by atoms with E-state index in [9.17, 15) is 4.79 Å². The zero-order valence-electron chi connectivity index (χ0n) is 9.80. The number of para-hydroxylation sites is 1. The second-order valence-electron chi connectivity index (χ2n) is 4.45. The van der Waals surface area contributed by atoms with Gasteiger partial charge in [-0.05, 0) is 12.1 Å². The van der Waals surface area contributed by atoms with Crippen LogP contribution in [0, 0.1) is 0 Å². The molecule has 2 aromatic rings. The van der Waals surface area contributed by atoms with Gasteiger partial charge in [-0.1, -0.05) is 42.5 Å². The van der Waals surface area contributed by atoms with Crippen LogP contribution in [0.3, 0.4) is 0 Å². The van der Waals surface area contributed by atoms with Crippen molar-refractivity contribution >= 4 is 5.78 Å². The monoisotopic (exact) mass is 239 g/mol. The van der Waals surface area contributed by atoms with E-state index in [1.165, 1.54) is 0 Å². The van der Waals surface area contributed by atoms with Crippen LogP contribution >= 0.6 is 0 Å². The van der Waals surface area contributed by atoms with Gasteiger partial charge in [0.1, 0.15) is 5.75 Å². The van der Waals surface area contributed by atoms with Gasteiger partial charge in [0.15, 0.2) is 11.5 Å². The van der Waals surface area contributed by atoms with Gasteiger partial charge in [-0.15, -0.1) is 0 Å². The molecule has 1 heterocycles. The highest BCUT2D eigenvalue weighted by Gasteiger charge is 2.38. The summed E-state index contributed by atoms with van der Waals surface area (Å²) in [4.78, 5) is 12.1. The Balaban J connectivity index is 2.06. The first-order valence-corrected chi connectivity index (χ1v) is 5.85. The van der Waals surface area contributed by atoms with Gasteiger partial charge >= 0.3 is 0 Å². The maximum absolute atomic E-state index is 12.1. The molecule has 0 bridgehead atoms. The molecule has 0 saturated carbocycles. The third-order valence-corrected chi connectivity index (χ3v) is 3.17. The van der Waals surface area contributed by atoms with E-state index in [0.29, 0.717) is 11.3 Å². The van der Waals surface area contributed by atoms with E-state index in [0.717, 1.165) is 5.56 Å². The molecule has 3 nitrogen and oxygen atoms in total. The summed E-state index contributed by atoms with van der Waals surface area (Å²) in [6.45, 7) is 0. The molecular weight excluding hydrogens is 226 g/mol. The van der Waals surface area contributed by atoms with Crippen molar-refractivity contribution in [2.75, 3.05) is 0 Å². The largest absolute Gasteiger partial charge is 0.468 e. The fraction of sp³-hybridized carbons (Fsp3) is 0.133. The molecule has 0 saturated heterocycles. The van der Waals surface area contributed by atoms with Crippen LogP contribution in [0.2, 0.25) is 0 Å². The number of carbonyl (C=O) groups excluding carboxylic acids is 1. The number of hydrogen-bond donors (Lipinski definition) is 1. The molecule has 2 aromatic carbocycles. The zero-order valence-corrected chi connectivity index (χ0v) is 9.80. The number of rotatable bonds is 1. The predicted molar refractivity (Wildman–Crippen MR) is 68.3 cm³/mol. The Morgan fingerprint density at radius 1 is 1.00 bits per heavy atom. The summed E-state index contributed by atoms with van der Waals surface area (Å²) in [6, 6.07) is 16.6. The average Bonchev–Trinajstić information content (AvgIpc) is 2.40. The van der Waals surface area contributed by atoms with E-state index < -0.39 is 5.72 Å². The van der Waals surface area contributed by atoms with Gasteiger partial charge in [-0.3, -0.25) is 10.5 Å². The summed E-state index contributed by atoms with van der Waals surface area (Å²) in [5, 5.41) is 0. The predicted octanol–water partition coefficient (Wildman–Crippen LogP) is 2.46. The molecule has 1 aliphatic heterocycles. The van der Waals surface area contributed by atoms with Crippen molar-refractivity contribution in [3.63, 3.8) is 0 Å². The molecule has 0 fully saturated rings. The summed E-state index contributed by atoms with van der Waals surface area (Å²) in [5.74, 6) is 0.573. The first-order chi connectivity index (χ1) is 8.69. The number of carbonyl (C=O) groups is 1. The number of ketones is 1. The summed E-state index contributed by atoms with van der Waals surface area (Å²) in [6.07, 6.45) is 0.161. The first kappa shape index (κ1) is 11.0. The molecule has 18 heavy (non-hydrogen) atoms. The fourth-order valence-corrected chi connectivity index (χ4v) is 2.23. The van der Waals surface area contributed by atoms with E-state index in [2.05, 4.69) is 0 Å². The van der Waals surface area contributed by atoms with Gasteiger partial charge in [0.05, 0.1) is 12.0 Å². The number of hydrogen-bond acceptors (Lipinski definition) is 3. The molecule has 1 unspecified atom stereocenters. The lowest BCUT2D eigenvalue weighted by atomic mass is 9.91. The molecule has 0 aliphatic carbocycles. The lowest BCUT2D eigenvalue weighted by Gasteiger charge is -2.34. The van der Waals surface area contributed by atoms with Crippen LogP contribution in [0.25, 0.3) is 0 Å². The molecule has 0 amide bonds. The topological polar surface area (TPSA) is 52.3 Å². The van der Waals surface area contributed by atoms with E-state index in [1.807, 2.05) is 42.5 Å². The van der Waals surface area contributed by atoms with Crippen LogP contribution in [0.4, 0.5) is 0 Å². The third-order valence-electron chi connectivity index (χ3n) is 3.17. The van der Waals surface area contributed by atoms with E-state index >= 15 is 0 Å². The molecule has 0 aromatic heterocycles. The standard InChI is InChI=1S/C15H13NO2/c16-15(11-6-2-1-3-7-11)10-13(17)12-8-4-5-9-14(12)18-15/h1-9H,10,16H2. The zero-order chi connectivity index (χ0) is 12.6. The molecule has 1 atom stereocenters. The summed E-state index contributed by atoms with van der Waals surface area (Å²) in [7, 11) is 0. The van der Waals surface area contributed by atoms with E-state index in [1.54, 1.807) is 12.1 Å². The number of benzene rings is 2. The Hall–Kier alpha value is -2.13. The molecule has 0 radical (unpaired) electrons.